The Balaban J connectivity index is 2.49. The van der Waals surface area contributed by atoms with E-state index in [-0.39, 0.29) is 19.0 Å². The van der Waals surface area contributed by atoms with Crippen LogP contribution in [0.1, 0.15) is 84.0 Å². The molecule has 1 atom stereocenters. The second-order valence-electron chi connectivity index (χ2n) is 11.7. The highest BCUT2D eigenvalue weighted by Gasteiger charge is 2.33. The molecule has 8 heteroatoms. The van der Waals surface area contributed by atoms with Gasteiger partial charge in [0.25, 0.3) is 0 Å². The van der Waals surface area contributed by atoms with Crippen molar-refractivity contribution in [1.82, 2.24) is 15.5 Å². The van der Waals surface area contributed by atoms with E-state index in [2.05, 4.69) is 24.5 Å². The van der Waals surface area contributed by atoms with Crippen LogP contribution in [0, 0.1) is 0 Å². The molecule has 2 aromatic carbocycles. The zero-order valence-corrected chi connectivity index (χ0v) is 24.2. The van der Waals surface area contributed by atoms with Crippen LogP contribution in [0.25, 0.3) is 0 Å². The smallest absolute Gasteiger partial charge is 0.408 e. The standard InChI is InChI=1S/C30H43N3O5/c1-20(2)22-12-14-23(15-13-22)26(27(35)32-29(3,4)5)33(19-21-10-16-24(37-9)17-11-21)25(34)18-31-28(36)38-30(6,7)8/h10-17,20,26H,18-19H2,1-9H3,(H,31,36)(H,32,35)/t26-/m0/s1. The number of benzene rings is 2. The molecule has 2 N–H and O–H groups in total. The number of carbonyl (C=O) groups excluding carboxylic acids is 3. The van der Waals surface area contributed by atoms with Gasteiger partial charge in [-0.3, -0.25) is 9.59 Å². The van der Waals surface area contributed by atoms with Crippen molar-refractivity contribution in [1.29, 1.82) is 0 Å². The Hall–Kier alpha value is -3.55. The van der Waals surface area contributed by atoms with Crippen LogP contribution in [0.3, 0.4) is 0 Å². The number of carbonyl (C=O) groups is 3. The van der Waals surface area contributed by atoms with Crippen molar-refractivity contribution < 1.29 is 23.9 Å². The molecule has 0 radical (unpaired) electrons. The quantitative estimate of drug-likeness (QED) is 0.461. The summed E-state index contributed by atoms with van der Waals surface area (Å²) >= 11 is 0. The van der Waals surface area contributed by atoms with E-state index in [9.17, 15) is 14.4 Å². The second-order valence-corrected chi connectivity index (χ2v) is 11.7. The molecule has 8 nitrogen and oxygen atoms in total. The molecule has 38 heavy (non-hydrogen) atoms. The molecule has 0 bridgehead atoms. The van der Waals surface area contributed by atoms with Gasteiger partial charge >= 0.3 is 6.09 Å². The number of hydrogen-bond donors (Lipinski definition) is 2. The van der Waals surface area contributed by atoms with Gasteiger partial charge in [-0.15, -0.1) is 0 Å². The normalized spacial score (nSPS) is 12.5. The van der Waals surface area contributed by atoms with E-state index in [4.69, 9.17) is 9.47 Å². The highest BCUT2D eigenvalue weighted by Crippen LogP contribution is 2.27. The molecular weight excluding hydrogens is 482 g/mol. The lowest BCUT2D eigenvalue weighted by Gasteiger charge is -2.34. The van der Waals surface area contributed by atoms with E-state index in [0.29, 0.717) is 17.2 Å². The van der Waals surface area contributed by atoms with Crippen LogP contribution in [0.5, 0.6) is 5.75 Å². The van der Waals surface area contributed by atoms with Gasteiger partial charge in [-0.2, -0.15) is 0 Å². The Morgan fingerprint density at radius 3 is 1.89 bits per heavy atom. The summed E-state index contributed by atoms with van der Waals surface area (Å²) in [6.07, 6.45) is -0.702. The van der Waals surface area contributed by atoms with Crippen molar-refractivity contribution in [2.45, 2.75) is 85.0 Å². The third-order valence-corrected chi connectivity index (χ3v) is 5.59. The lowest BCUT2D eigenvalue weighted by molar-refractivity contribution is -0.141. The van der Waals surface area contributed by atoms with Crippen molar-refractivity contribution in [2.75, 3.05) is 13.7 Å². The third kappa shape index (κ3) is 9.72. The molecule has 3 amide bonds. The molecule has 2 rings (SSSR count). The molecule has 0 saturated heterocycles. The maximum absolute atomic E-state index is 13.7. The maximum atomic E-state index is 13.7. The van der Waals surface area contributed by atoms with Gasteiger partial charge in [0, 0.05) is 12.1 Å². The molecule has 0 aliphatic carbocycles. The summed E-state index contributed by atoms with van der Waals surface area (Å²) in [6, 6.07) is 14.1. The largest absolute Gasteiger partial charge is 0.497 e. The predicted octanol–water partition coefficient (Wildman–Crippen LogP) is 5.33. The first-order valence-corrected chi connectivity index (χ1v) is 12.9. The van der Waals surface area contributed by atoms with Crippen molar-refractivity contribution >= 4 is 17.9 Å². The topological polar surface area (TPSA) is 97.0 Å². The SMILES string of the molecule is COc1ccc(CN(C(=O)CNC(=O)OC(C)(C)C)[C@H](C(=O)NC(C)(C)C)c2ccc(C(C)C)cc2)cc1. The molecule has 2 aromatic rings. The minimum absolute atomic E-state index is 0.146. The zero-order valence-electron chi connectivity index (χ0n) is 24.2. The number of rotatable bonds is 9. The van der Waals surface area contributed by atoms with Crippen LogP contribution in [0.2, 0.25) is 0 Å². The predicted molar refractivity (Wildman–Crippen MR) is 149 cm³/mol. The van der Waals surface area contributed by atoms with Gasteiger partial charge in [0.2, 0.25) is 11.8 Å². The summed E-state index contributed by atoms with van der Waals surface area (Å²) in [5.41, 5.74) is 1.39. The first kappa shape index (κ1) is 30.7. The average Bonchev–Trinajstić information content (AvgIpc) is 2.80. The van der Waals surface area contributed by atoms with Crippen molar-refractivity contribution in [2.24, 2.45) is 0 Å². The molecular formula is C30H43N3O5. The molecule has 0 heterocycles. The van der Waals surface area contributed by atoms with Crippen molar-refractivity contribution in [3.05, 3.63) is 65.2 Å². The van der Waals surface area contributed by atoms with Gasteiger partial charge in [-0.1, -0.05) is 50.2 Å². The molecule has 208 valence electrons. The minimum Gasteiger partial charge on any atom is -0.497 e. The van der Waals surface area contributed by atoms with E-state index < -0.39 is 29.2 Å². The number of ether oxygens (including phenoxy) is 2. The first-order chi connectivity index (χ1) is 17.6. The number of nitrogens with zero attached hydrogens (tertiary/aromatic N) is 1. The maximum Gasteiger partial charge on any atom is 0.408 e. The molecule has 0 saturated carbocycles. The summed E-state index contributed by atoms with van der Waals surface area (Å²) in [5, 5.41) is 5.56. The Morgan fingerprint density at radius 2 is 1.42 bits per heavy atom. The summed E-state index contributed by atoms with van der Waals surface area (Å²) in [7, 11) is 1.58. The van der Waals surface area contributed by atoms with Crippen LogP contribution in [0.15, 0.2) is 48.5 Å². The first-order valence-electron chi connectivity index (χ1n) is 12.9. The van der Waals surface area contributed by atoms with Gasteiger partial charge < -0.3 is 25.0 Å². The number of nitrogens with one attached hydrogen (secondary N) is 2. The van der Waals surface area contributed by atoms with E-state index in [0.717, 1.165) is 11.1 Å². The van der Waals surface area contributed by atoms with Crippen molar-refractivity contribution in [3.63, 3.8) is 0 Å². The average molecular weight is 526 g/mol. The molecule has 0 aromatic heterocycles. The molecule has 0 unspecified atom stereocenters. The lowest BCUT2D eigenvalue weighted by Crippen LogP contribution is -2.51. The molecule has 0 spiro atoms. The van der Waals surface area contributed by atoms with Gasteiger partial charge in [-0.25, -0.2) is 4.79 Å². The number of methoxy groups -OCH3 is 1. The second kappa shape index (κ2) is 12.8. The van der Waals surface area contributed by atoms with E-state index >= 15 is 0 Å². The Morgan fingerprint density at radius 1 is 0.868 bits per heavy atom. The fourth-order valence-electron chi connectivity index (χ4n) is 3.79. The summed E-state index contributed by atoms with van der Waals surface area (Å²) in [6.45, 7) is 14.9. The summed E-state index contributed by atoms with van der Waals surface area (Å²) in [5.74, 6) is 0.271. The molecule has 0 fully saturated rings. The minimum atomic E-state index is -0.925. The van der Waals surface area contributed by atoms with E-state index in [1.165, 1.54) is 4.90 Å². The van der Waals surface area contributed by atoms with Crippen LogP contribution in [0.4, 0.5) is 4.79 Å². The van der Waals surface area contributed by atoms with Crippen molar-refractivity contribution in [3.8, 4) is 5.75 Å². The molecule has 0 aliphatic heterocycles. The monoisotopic (exact) mass is 525 g/mol. The van der Waals surface area contributed by atoms with Crippen LogP contribution >= 0.6 is 0 Å². The van der Waals surface area contributed by atoms with Gasteiger partial charge in [0.05, 0.1) is 7.11 Å². The van der Waals surface area contributed by atoms with Crippen LogP contribution in [-0.4, -0.2) is 47.6 Å². The van der Waals surface area contributed by atoms with Crippen LogP contribution in [-0.2, 0) is 20.9 Å². The van der Waals surface area contributed by atoms with Crippen LogP contribution < -0.4 is 15.4 Å². The number of alkyl carbamates (subject to hydrolysis) is 1. The Kier molecular flexibility index (Phi) is 10.3. The van der Waals surface area contributed by atoms with E-state index in [1.54, 1.807) is 40.0 Å². The summed E-state index contributed by atoms with van der Waals surface area (Å²) < 4.78 is 10.6. The number of hydrogen-bond acceptors (Lipinski definition) is 5. The highest BCUT2D eigenvalue weighted by atomic mass is 16.6. The van der Waals surface area contributed by atoms with Gasteiger partial charge in [0.1, 0.15) is 23.9 Å². The van der Waals surface area contributed by atoms with Gasteiger partial charge in [0.15, 0.2) is 0 Å². The fourth-order valence-corrected chi connectivity index (χ4v) is 3.79. The number of amides is 3. The summed E-state index contributed by atoms with van der Waals surface area (Å²) in [4.78, 5) is 41.1. The highest BCUT2D eigenvalue weighted by molar-refractivity contribution is 5.90. The third-order valence-electron chi connectivity index (χ3n) is 5.59. The lowest BCUT2D eigenvalue weighted by atomic mass is 9.96. The Labute approximate surface area is 227 Å². The molecule has 0 aliphatic rings. The van der Waals surface area contributed by atoms with E-state index in [1.807, 2.05) is 57.2 Å². The van der Waals surface area contributed by atoms with Gasteiger partial charge in [-0.05, 0) is 76.3 Å². The Bertz CT molecular complexity index is 1080. The zero-order chi connectivity index (χ0) is 28.7. The fraction of sp³-hybridized carbons (Fsp3) is 0.500.